The standard InChI is InChI=1S/C25H17N3O2S/c26-14-21-23(16-8-2-1-3-9-16)28-31-24(21)27-25(29)30-15-22-19-12-6-4-10-17(19)18-11-5-7-13-20(18)22/h1-13,22H,15H2,(H,27,29). The van der Waals surface area contributed by atoms with Gasteiger partial charge >= 0.3 is 6.09 Å². The molecule has 1 amide bonds. The number of nitrogens with zero attached hydrogens (tertiary/aromatic N) is 2. The number of amides is 1. The number of hydrogen-bond donors (Lipinski definition) is 1. The summed E-state index contributed by atoms with van der Waals surface area (Å²) < 4.78 is 9.93. The van der Waals surface area contributed by atoms with Crippen molar-refractivity contribution in [2.24, 2.45) is 0 Å². The molecule has 4 aromatic rings. The molecule has 0 saturated carbocycles. The quantitative estimate of drug-likeness (QED) is 0.434. The molecule has 5 nitrogen and oxygen atoms in total. The molecule has 150 valence electrons. The lowest BCUT2D eigenvalue weighted by Gasteiger charge is -2.14. The van der Waals surface area contributed by atoms with Crippen molar-refractivity contribution in [2.75, 3.05) is 11.9 Å². The van der Waals surface area contributed by atoms with Gasteiger partial charge in [0.25, 0.3) is 0 Å². The van der Waals surface area contributed by atoms with Crippen molar-refractivity contribution in [1.29, 1.82) is 5.26 Å². The summed E-state index contributed by atoms with van der Waals surface area (Å²) in [5.74, 6) is -0.0186. The minimum absolute atomic E-state index is 0.0186. The number of nitriles is 1. The Kier molecular flexibility index (Phi) is 4.95. The second-order valence-electron chi connectivity index (χ2n) is 7.16. The van der Waals surface area contributed by atoms with Crippen molar-refractivity contribution in [3.8, 4) is 28.5 Å². The zero-order valence-corrected chi connectivity index (χ0v) is 17.2. The molecule has 31 heavy (non-hydrogen) atoms. The first kappa shape index (κ1) is 19.0. The Morgan fingerprint density at radius 1 is 0.968 bits per heavy atom. The van der Waals surface area contributed by atoms with E-state index in [2.05, 4.69) is 40.0 Å². The van der Waals surface area contributed by atoms with Crippen LogP contribution in [-0.4, -0.2) is 17.1 Å². The van der Waals surface area contributed by atoms with Crippen molar-refractivity contribution < 1.29 is 9.53 Å². The molecule has 0 radical (unpaired) electrons. The number of nitrogens with one attached hydrogen (secondary N) is 1. The Morgan fingerprint density at radius 3 is 2.23 bits per heavy atom. The lowest BCUT2D eigenvalue weighted by atomic mass is 9.98. The molecule has 5 rings (SSSR count). The summed E-state index contributed by atoms with van der Waals surface area (Å²) in [6.45, 7) is 0.214. The van der Waals surface area contributed by atoms with Crippen LogP contribution in [0.4, 0.5) is 9.80 Å². The summed E-state index contributed by atoms with van der Waals surface area (Å²) in [6, 6.07) is 27.9. The molecular formula is C25H17N3O2S. The summed E-state index contributed by atoms with van der Waals surface area (Å²) in [5, 5.41) is 12.7. The maximum absolute atomic E-state index is 12.5. The van der Waals surface area contributed by atoms with Crippen LogP contribution in [0.25, 0.3) is 22.4 Å². The van der Waals surface area contributed by atoms with Gasteiger partial charge in [-0.3, -0.25) is 5.32 Å². The largest absolute Gasteiger partial charge is 0.448 e. The Balaban J connectivity index is 1.33. The summed E-state index contributed by atoms with van der Waals surface area (Å²) in [4.78, 5) is 12.5. The summed E-state index contributed by atoms with van der Waals surface area (Å²) >= 11 is 1.07. The Labute approximate surface area is 183 Å². The zero-order chi connectivity index (χ0) is 21.2. The SMILES string of the molecule is N#Cc1c(-c2ccccc2)nsc1NC(=O)OCC1c2ccccc2-c2ccccc21. The third-order valence-electron chi connectivity index (χ3n) is 5.41. The van der Waals surface area contributed by atoms with Crippen LogP contribution in [-0.2, 0) is 4.74 Å². The molecule has 0 atom stereocenters. The maximum atomic E-state index is 12.5. The average molecular weight is 423 g/mol. The van der Waals surface area contributed by atoms with Gasteiger partial charge in [0.15, 0.2) is 0 Å². The van der Waals surface area contributed by atoms with Crippen LogP contribution >= 0.6 is 11.5 Å². The number of benzene rings is 3. The molecule has 0 unspecified atom stereocenters. The maximum Gasteiger partial charge on any atom is 0.412 e. The number of anilines is 1. The van der Waals surface area contributed by atoms with Crippen molar-refractivity contribution in [3.05, 3.63) is 95.6 Å². The predicted octanol–water partition coefficient (Wildman–Crippen LogP) is 6.04. The van der Waals surface area contributed by atoms with Crippen molar-refractivity contribution in [3.63, 3.8) is 0 Å². The highest BCUT2D eigenvalue weighted by Gasteiger charge is 2.29. The zero-order valence-electron chi connectivity index (χ0n) is 16.4. The number of fused-ring (bicyclic) bond motifs is 3. The van der Waals surface area contributed by atoms with Gasteiger partial charge in [-0.25, -0.2) is 4.79 Å². The molecule has 6 heteroatoms. The molecule has 3 aromatic carbocycles. The normalized spacial score (nSPS) is 12.0. The van der Waals surface area contributed by atoms with Gasteiger partial charge in [-0.15, -0.1) is 0 Å². The lowest BCUT2D eigenvalue weighted by Crippen LogP contribution is -2.17. The highest BCUT2D eigenvalue weighted by molar-refractivity contribution is 7.11. The van der Waals surface area contributed by atoms with E-state index in [4.69, 9.17) is 4.74 Å². The van der Waals surface area contributed by atoms with Crippen LogP contribution in [0.5, 0.6) is 0 Å². The smallest absolute Gasteiger partial charge is 0.412 e. The van der Waals surface area contributed by atoms with Crippen LogP contribution in [0.1, 0.15) is 22.6 Å². The summed E-state index contributed by atoms with van der Waals surface area (Å²) in [7, 11) is 0. The Bertz CT molecular complexity index is 1260. The third kappa shape index (κ3) is 3.45. The van der Waals surface area contributed by atoms with Crippen molar-refractivity contribution in [2.45, 2.75) is 5.92 Å². The number of carbonyl (C=O) groups excluding carboxylic acids is 1. The lowest BCUT2D eigenvalue weighted by molar-refractivity contribution is 0.158. The van der Waals surface area contributed by atoms with E-state index < -0.39 is 6.09 Å². The van der Waals surface area contributed by atoms with E-state index in [9.17, 15) is 10.1 Å². The molecule has 1 aromatic heterocycles. The van der Waals surface area contributed by atoms with E-state index in [1.54, 1.807) is 0 Å². The second-order valence-corrected chi connectivity index (χ2v) is 7.94. The number of hydrogen-bond acceptors (Lipinski definition) is 5. The van der Waals surface area contributed by atoms with Gasteiger partial charge in [0.05, 0.1) is 0 Å². The van der Waals surface area contributed by atoms with Crippen molar-refractivity contribution >= 4 is 22.6 Å². The number of ether oxygens (including phenoxy) is 1. The van der Waals surface area contributed by atoms with Gasteiger partial charge in [-0.05, 0) is 33.8 Å². The number of rotatable bonds is 4. The molecule has 1 N–H and O–H groups in total. The van der Waals surface area contributed by atoms with Crippen LogP contribution in [0.3, 0.4) is 0 Å². The van der Waals surface area contributed by atoms with Crippen LogP contribution in [0, 0.1) is 11.3 Å². The molecular weight excluding hydrogens is 406 g/mol. The average Bonchev–Trinajstić information content (AvgIpc) is 3.37. The topological polar surface area (TPSA) is 75.0 Å². The molecule has 1 heterocycles. The highest BCUT2D eigenvalue weighted by atomic mass is 32.1. The van der Waals surface area contributed by atoms with E-state index in [0.717, 1.165) is 28.2 Å². The molecule has 0 saturated heterocycles. The van der Waals surface area contributed by atoms with Gasteiger partial charge in [-0.2, -0.15) is 9.64 Å². The minimum atomic E-state index is -0.596. The third-order valence-corrected chi connectivity index (χ3v) is 6.17. The van der Waals surface area contributed by atoms with E-state index in [1.165, 1.54) is 11.1 Å². The van der Waals surface area contributed by atoms with Gasteiger partial charge in [0.2, 0.25) is 0 Å². The fourth-order valence-corrected chi connectivity index (χ4v) is 4.74. The Morgan fingerprint density at radius 2 is 1.58 bits per heavy atom. The molecule has 1 aliphatic rings. The summed E-state index contributed by atoms with van der Waals surface area (Å²) in [5.41, 5.74) is 6.38. The van der Waals surface area contributed by atoms with E-state index in [0.29, 0.717) is 16.3 Å². The fourth-order valence-electron chi connectivity index (χ4n) is 4.00. The van der Waals surface area contributed by atoms with Crippen LogP contribution in [0.15, 0.2) is 78.9 Å². The van der Waals surface area contributed by atoms with Gasteiger partial charge in [0.1, 0.15) is 28.9 Å². The van der Waals surface area contributed by atoms with Gasteiger partial charge < -0.3 is 4.74 Å². The predicted molar refractivity (Wildman–Crippen MR) is 121 cm³/mol. The van der Waals surface area contributed by atoms with Crippen LogP contribution < -0.4 is 5.32 Å². The molecule has 0 fully saturated rings. The number of carbonyl (C=O) groups is 1. The summed E-state index contributed by atoms with van der Waals surface area (Å²) in [6.07, 6.45) is -0.596. The van der Waals surface area contributed by atoms with Crippen LogP contribution in [0.2, 0.25) is 0 Å². The van der Waals surface area contributed by atoms with E-state index in [-0.39, 0.29) is 12.5 Å². The Hall–Kier alpha value is -3.95. The van der Waals surface area contributed by atoms with E-state index >= 15 is 0 Å². The van der Waals surface area contributed by atoms with Gasteiger partial charge in [-0.1, -0.05) is 78.9 Å². The highest BCUT2D eigenvalue weighted by Crippen LogP contribution is 2.44. The number of aromatic nitrogens is 1. The molecule has 0 aliphatic heterocycles. The fraction of sp³-hybridized carbons (Fsp3) is 0.0800. The van der Waals surface area contributed by atoms with Crippen molar-refractivity contribution in [1.82, 2.24) is 4.37 Å². The van der Waals surface area contributed by atoms with E-state index in [1.807, 2.05) is 54.6 Å². The first-order chi connectivity index (χ1) is 15.3. The minimum Gasteiger partial charge on any atom is -0.448 e. The first-order valence-corrected chi connectivity index (χ1v) is 10.6. The second kappa shape index (κ2) is 8.05. The monoisotopic (exact) mass is 423 g/mol. The molecule has 0 bridgehead atoms. The molecule has 1 aliphatic carbocycles. The van der Waals surface area contributed by atoms with Gasteiger partial charge in [0, 0.05) is 11.5 Å². The first-order valence-electron chi connectivity index (χ1n) is 9.83. The molecule has 0 spiro atoms.